The number of nitrogens with one attached hydrogen (secondary N) is 2. The van der Waals surface area contributed by atoms with Gasteiger partial charge in [-0.25, -0.2) is 0 Å². The van der Waals surface area contributed by atoms with E-state index in [1.54, 1.807) is 0 Å². The first-order valence-corrected chi connectivity index (χ1v) is 9.86. The fourth-order valence-electron chi connectivity index (χ4n) is 3.58. The number of aliphatic imine (C=N–C) groups is 1. The molecule has 1 aromatic rings. The topological polar surface area (TPSA) is 48.9 Å². The first kappa shape index (κ1) is 22.7. The Bertz CT molecular complexity index is 625. The molecule has 0 amide bonds. The fourth-order valence-corrected chi connectivity index (χ4v) is 3.70. The lowest BCUT2D eigenvalue weighted by Crippen LogP contribution is -2.56. The van der Waals surface area contributed by atoms with E-state index in [9.17, 15) is 0 Å². The van der Waals surface area contributed by atoms with E-state index in [-0.39, 0.29) is 34.9 Å². The number of morpholine rings is 1. The van der Waals surface area contributed by atoms with Gasteiger partial charge in [-0.05, 0) is 44.4 Å². The monoisotopic (exact) mass is 506 g/mol. The first-order chi connectivity index (χ1) is 12.5. The Morgan fingerprint density at radius 1 is 1.19 bits per heavy atom. The smallest absolute Gasteiger partial charge is 0.191 e. The second-order valence-electron chi connectivity index (χ2n) is 7.98. The van der Waals surface area contributed by atoms with Gasteiger partial charge in [0.15, 0.2) is 5.96 Å². The molecule has 1 aliphatic carbocycles. The Morgan fingerprint density at radius 3 is 2.37 bits per heavy atom. The molecule has 1 heterocycles. The van der Waals surface area contributed by atoms with Gasteiger partial charge in [0.05, 0.1) is 13.2 Å². The van der Waals surface area contributed by atoms with Crippen molar-refractivity contribution >= 4 is 41.5 Å². The van der Waals surface area contributed by atoms with Gasteiger partial charge >= 0.3 is 0 Å². The number of hydrogen-bond donors (Lipinski definition) is 2. The lowest BCUT2D eigenvalue weighted by molar-refractivity contribution is -0.00834. The van der Waals surface area contributed by atoms with Crippen LogP contribution in [-0.2, 0) is 10.2 Å². The SMILES string of the molecule is CN=C(NCC1(c2ccc(Cl)cc2)CC1)NCC(C)(C)N1CCOCC1.I. The fraction of sp³-hybridized carbons (Fsp3) is 0.650. The average Bonchev–Trinajstić information content (AvgIpc) is 3.44. The van der Waals surface area contributed by atoms with E-state index < -0.39 is 0 Å². The zero-order valence-electron chi connectivity index (χ0n) is 16.6. The molecule has 5 nitrogen and oxygen atoms in total. The van der Waals surface area contributed by atoms with E-state index in [0.29, 0.717) is 0 Å². The highest BCUT2D eigenvalue weighted by molar-refractivity contribution is 14.0. The highest BCUT2D eigenvalue weighted by Gasteiger charge is 2.44. The molecule has 0 aromatic heterocycles. The van der Waals surface area contributed by atoms with Crippen LogP contribution < -0.4 is 10.6 Å². The molecule has 1 aliphatic heterocycles. The van der Waals surface area contributed by atoms with Crippen LogP contribution in [-0.4, -0.2) is 62.8 Å². The summed E-state index contributed by atoms with van der Waals surface area (Å²) in [6.45, 7) is 9.90. The molecule has 3 rings (SSSR count). The quantitative estimate of drug-likeness (QED) is 0.353. The standard InChI is InChI=1S/C20H31ClN4O.HI/c1-19(2,25-10-12-26-13-11-25)14-23-18(22-3)24-15-20(8-9-20)16-4-6-17(21)7-5-16;/h4-7H,8-15H2,1-3H3,(H2,22,23,24);1H. The van der Waals surface area contributed by atoms with Gasteiger partial charge in [-0.3, -0.25) is 9.89 Å². The van der Waals surface area contributed by atoms with E-state index in [1.807, 2.05) is 19.2 Å². The van der Waals surface area contributed by atoms with Crippen LogP contribution in [0, 0.1) is 0 Å². The van der Waals surface area contributed by atoms with Gasteiger partial charge in [0.25, 0.3) is 0 Å². The maximum absolute atomic E-state index is 6.02. The van der Waals surface area contributed by atoms with E-state index >= 15 is 0 Å². The predicted molar refractivity (Wildman–Crippen MR) is 124 cm³/mol. The summed E-state index contributed by atoms with van der Waals surface area (Å²) in [5.74, 6) is 0.867. The highest BCUT2D eigenvalue weighted by Crippen LogP contribution is 2.47. The largest absolute Gasteiger partial charge is 0.379 e. The third kappa shape index (κ3) is 5.95. The number of rotatable bonds is 6. The van der Waals surface area contributed by atoms with Crippen molar-refractivity contribution in [3.05, 3.63) is 34.9 Å². The summed E-state index contributed by atoms with van der Waals surface area (Å²) >= 11 is 6.02. The second-order valence-corrected chi connectivity index (χ2v) is 8.41. The van der Waals surface area contributed by atoms with Crippen LogP contribution in [0.15, 0.2) is 29.3 Å². The molecule has 1 saturated carbocycles. The van der Waals surface area contributed by atoms with Crippen LogP contribution in [0.5, 0.6) is 0 Å². The van der Waals surface area contributed by atoms with Crippen LogP contribution in [0.25, 0.3) is 0 Å². The van der Waals surface area contributed by atoms with E-state index in [0.717, 1.165) is 50.4 Å². The molecule has 0 unspecified atom stereocenters. The number of benzene rings is 1. The predicted octanol–water partition coefficient (Wildman–Crippen LogP) is 3.27. The third-order valence-electron chi connectivity index (χ3n) is 5.68. The van der Waals surface area contributed by atoms with Crippen molar-refractivity contribution in [1.29, 1.82) is 0 Å². The maximum Gasteiger partial charge on any atom is 0.191 e. The van der Waals surface area contributed by atoms with Gasteiger partial charge in [0.2, 0.25) is 0 Å². The third-order valence-corrected chi connectivity index (χ3v) is 5.94. The number of guanidine groups is 1. The van der Waals surface area contributed by atoms with Crippen LogP contribution in [0.3, 0.4) is 0 Å². The Balaban J connectivity index is 0.00000261. The normalized spacial score (nSPS) is 19.9. The summed E-state index contributed by atoms with van der Waals surface area (Å²) in [5, 5.41) is 7.82. The summed E-state index contributed by atoms with van der Waals surface area (Å²) in [6.07, 6.45) is 2.41. The van der Waals surface area contributed by atoms with Gasteiger partial charge in [0, 0.05) is 49.2 Å². The molecule has 152 valence electrons. The van der Waals surface area contributed by atoms with Crippen molar-refractivity contribution in [2.45, 2.75) is 37.6 Å². The average molecular weight is 507 g/mol. The summed E-state index contributed by atoms with van der Waals surface area (Å²) in [4.78, 5) is 6.88. The molecule has 2 aliphatic rings. The summed E-state index contributed by atoms with van der Waals surface area (Å²) in [6, 6.07) is 8.26. The number of halogens is 2. The van der Waals surface area contributed by atoms with Crippen molar-refractivity contribution in [3.8, 4) is 0 Å². The van der Waals surface area contributed by atoms with E-state index in [1.165, 1.54) is 18.4 Å². The Hall–Kier alpha value is -0.570. The maximum atomic E-state index is 6.02. The molecule has 2 N–H and O–H groups in total. The molecular weight excluding hydrogens is 475 g/mol. The van der Waals surface area contributed by atoms with Crippen LogP contribution in [0.4, 0.5) is 0 Å². The highest BCUT2D eigenvalue weighted by atomic mass is 127. The number of nitrogens with zero attached hydrogens (tertiary/aromatic N) is 2. The van der Waals surface area contributed by atoms with E-state index in [4.69, 9.17) is 16.3 Å². The number of ether oxygens (including phenoxy) is 1. The molecule has 0 atom stereocenters. The van der Waals surface area contributed by atoms with Crippen LogP contribution in [0.1, 0.15) is 32.3 Å². The molecule has 1 aromatic carbocycles. The summed E-state index contributed by atoms with van der Waals surface area (Å²) in [5.41, 5.74) is 1.65. The van der Waals surface area contributed by atoms with Crippen molar-refractivity contribution < 1.29 is 4.74 Å². The molecule has 27 heavy (non-hydrogen) atoms. The summed E-state index contributed by atoms with van der Waals surface area (Å²) in [7, 11) is 1.83. The molecule has 2 fully saturated rings. The molecule has 0 bridgehead atoms. The van der Waals surface area contributed by atoms with Gasteiger partial charge in [-0.15, -0.1) is 24.0 Å². The van der Waals surface area contributed by atoms with Gasteiger partial charge in [-0.1, -0.05) is 23.7 Å². The van der Waals surface area contributed by atoms with Crippen molar-refractivity contribution in [3.63, 3.8) is 0 Å². The minimum atomic E-state index is 0. The lowest BCUT2D eigenvalue weighted by Gasteiger charge is -2.41. The van der Waals surface area contributed by atoms with Crippen molar-refractivity contribution in [1.82, 2.24) is 15.5 Å². The molecular formula is C20H32ClIN4O. The Labute approximate surface area is 185 Å². The molecule has 0 radical (unpaired) electrons. The van der Waals surface area contributed by atoms with E-state index in [2.05, 4.69) is 46.5 Å². The van der Waals surface area contributed by atoms with Crippen LogP contribution >= 0.6 is 35.6 Å². The zero-order chi connectivity index (χ0) is 18.6. The van der Waals surface area contributed by atoms with Crippen molar-refractivity contribution in [2.24, 2.45) is 4.99 Å². The molecule has 1 saturated heterocycles. The van der Waals surface area contributed by atoms with Crippen molar-refractivity contribution in [2.75, 3.05) is 46.4 Å². The number of hydrogen-bond acceptors (Lipinski definition) is 3. The summed E-state index contributed by atoms with van der Waals surface area (Å²) < 4.78 is 5.47. The van der Waals surface area contributed by atoms with Crippen LogP contribution in [0.2, 0.25) is 5.02 Å². The molecule has 0 spiro atoms. The Morgan fingerprint density at radius 2 is 1.81 bits per heavy atom. The van der Waals surface area contributed by atoms with Gasteiger partial charge in [0.1, 0.15) is 0 Å². The minimum absolute atomic E-state index is 0. The Kier molecular flexibility index (Phi) is 8.21. The zero-order valence-corrected chi connectivity index (χ0v) is 19.6. The van der Waals surface area contributed by atoms with Gasteiger partial charge < -0.3 is 15.4 Å². The minimum Gasteiger partial charge on any atom is -0.379 e. The van der Waals surface area contributed by atoms with Gasteiger partial charge in [-0.2, -0.15) is 0 Å². The molecule has 7 heteroatoms. The second kappa shape index (κ2) is 9.76. The first-order valence-electron chi connectivity index (χ1n) is 9.49. The lowest BCUT2D eigenvalue weighted by atomic mass is 9.96.